The Labute approximate surface area is 242 Å². The number of para-hydroxylation sites is 1. The van der Waals surface area contributed by atoms with Crippen LogP contribution in [0.4, 0.5) is 0 Å². The summed E-state index contributed by atoms with van der Waals surface area (Å²) in [7, 11) is 1.64. The summed E-state index contributed by atoms with van der Waals surface area (Å²) in [4.78, 5) is 37.7. The van der Waals surface area contributed by atoms with Crippen LogP contribution in [-0.4, -0.2) is 29.3 Å². The number of carbonyl (C=O) groups excluding carboxylic acids is 1. The number of nitrogens with zero attached hydrogens (tertiary/aromatic N) is 1. The first-order chi connectivity index (χ1) is 20.4. The predicted molar refractivity (Wildman–Crippen MR) is 159 cm³/mol. The van der Waals surface area contributed by atoms with Gasteiger partial charge in [0.1, 0.15) is 18.1 Å². The van der Waals surface area contributed by atoms with Gasteiger partial charge in [-0.3, -0.25) is 4.79 Å². The molecular weight excluding hydrogens is 534 g/mol. The first kappa shape index (κ1) is 28.2. The molecule has 5 rings (SSSR count). The van der Waals surface area contributed by atoms with Crippen LogP contribution in [0, 0.1) is 6.92 Å². The minimum atomic E-state index is -0.782. The van der Waals surface area contributed by atoms with E-state index in [2.05, 4.69) is 16.4 Å². The fraction of sp³-hybridized carbons (Fsp3) is 0.182. The summed E-state index contributed by atoms with van der Waals surface area (Å²) in [5.74, 6) is 0.592. The predicted octanol–water partition coefficient (Wildman–Crippen LogP) is 4.71. The molecule has 0 aliphatic heterocycles. The fourth-order valence-corrected chi connectivity index (χ4v) is 4.72. The monoisotopic (exact) mass is 565 g/mol. The maximum atomic E-state index is 12.8. The van der Waals surface area contributed by atoms with E-state index in [0.29, 0.717) is 30.9 Å². The number of hydrogen-bond acceptors (Lipinski definition) is 6. The number of hydrogen-bond donors (Lipinski definition) is 2. The van der Waals surface area contributed by atoms with Gasteiger partial charge >= 0.3 is 11.4 Å². The molecule has 214 valence electrons. The normalized spacial score (nSPS) is 10.8. The van der Waals surface area contributed by atoms with Gasteiger partial charge in [0.05, 0.1) is 13.7 Å². The molecule has 1 heterocycles. The van der Waals surface area contributed by atoms with Crippen molar-refractivity contribution in [3.63, 3.8) is 0 Å². The lowest BCUT2D eigenvalue weighted by atomic mass is 9.97. The van der Waals surface area contributed by atoms with Crippen LogP contribution in [0.1, 0.15) is 32.6 Å². The van der Waals surface area contributed by atoms with E-state index in [1.54, 1.807) is 19.2 Å². The Kier molecular flexibility index (Phi) is 8.67. The zero-order chi connectivity index (χ0) is 29.5. The Morgan fingerprint density at radius 2 is 1.74 bits per heavy atom. The van der Waals surface area contributed by atoms with Crippen molar-refractivity contribution in [2.45, 2.75) is 26.5 Å². The van der Waals surface area contributed by atoms with Crippen molar-refractivity contribution in [3.8, 4) is 22.6 Å². The van der Waals surface area contributed by atoms with Crippen molar-refractivity contribution in [1.82, 2.24) is 15.0 Å². The van der Waals surface area contributed by atoms with Crippen molar-refractivity contribution < 1.29 is 18.8 Å². The minimum Gasteiger partial charge on any atom is -0.496 e. The van der Waals surface area contributed by atoms with E-state index in [4.69, 9.17) is 14.0 Å². The second-order valence-electron chi connectivity index (χ2n) is 9.83. The SMILES string of the molecule is COc1ccccc1CCNC(=O)c1ccc(-c2cccc(COc3ccc(Cn4oc(=O)[nH]c4=O)cc3)c2)c(C)c1. The highest BCUT2D eigenvalue weighted by molar-refractivity contribution is 5.95. The van der Waals surface area contributed by atoms with E-state index < -0.39 is 11.4 Å². The maximum absolute atomic E-state index is 12.8. The largest absolute Gasteiger partial charge is 0.496 e. The Balaban J connectivity index is 1.18. The number of ether oxygens (including phenoxy) is 2. The maximum Gasteiger partial charge on any atom is 0.440 e. The van der Waals surface area contributed by atoms with Gasteiger partial charge in [-0.15, -0.1) is 4.74 Å². The van der Waals surface area contributed by atoms with Gasteiger partial charge in [-0.05, 0) is 83.1 Å². The number of benzene rings is 4. The summed E-state index contributed by atoms with van der Waals surface area (Å²) in [6.45, 7) is 3.02. The molecule has 0 fully saturated rings. The van der Waals surface area contributed by atoms with E-state index in [1.807, 2.05) is 79.7 Å². The average molecular weight is 566 g/mol. The van der Waals surface area contributed by atoms with E-state index >= 15 is 0 Å². The highest BCUT2D eigenvalue weighted by Gasteiger charge is 2.11. The van der Waals surface area contributed by atoms with Gasteiger partial charge in [-0.2, -0.15) is 0 Å². The van der Waals surface area contributed by atoms with Gasteiger partial charge in [0, 0.05) is 12.1 Å². The Hall–Kier alpha value is -5.31. The van der Waals surface area contributed by atoms with Crippen LogP contribution in [0.3, 0.4) is 0 Å². The standard InChI is InChI=1S/C33H31N3O6/c1-22-18-27(31(37)34-17-16-25-7-3-4-9-30(25)40-2)12-15-29(22)26-8-5-6-24(19-26)21-41-28-13-10-23(11-14-28)20-36-32(38)35-33(39)42-36/h3-15,18-19H,16-17,20-21H2,1-2H3,(H,34,37)(H,35,38,39). The quantitative estimate of drug-likeness (QED) is 0.240. The third kappa shape index (κ3) is 6.87. The van der Waals surface area contributed by atoms with Crippen molar-refractivity contribution in [2.75, 3.05) is 13.7 Å². The van der Waals surface area contributed by atoms with Crippen LogP contribution in [0.5, 0.6) is 11.5 Å². The third-order valence-corrected chi connectivity index (χ3v) is 6.88. The average Bonchev–Trinajstić information content (AvgIpc) is 3.32. The molecule has 5 aromatic rings. The van der Waals surface area contributed by atoms with Crippen LogP contribution >= 0.6 is 0 Å². The first-order valence-electron chi connectivity index (χ1n) is 13.5. The van der Waals surface area contributed by atoms with E-state index in [9.17, 15) is 14.4 Å². The molecule has 0 unspecified atom stereocenters. The molecule has 9 heteroatoms. The number of amides is 1. The molecule has 2 N–H and O–H groups in total. The van der Waals surface area contributed by atoms with Crippen molar-refractivity contribution in [3.05, 3.63) is 140 Å². The first-order valence-corrected chi connectivity index (χ1v) is 13.5. The van der Waals surface area contributed by atoms with Crippen LogP contribution in [0.25, 0.3) is 11.1 Å². The zero-order valence-corrected chi connectivity index (χ0v) is 23.4. The number of aromatic nitrogens is 2. The Morgan fingerprint density at radius 1 is 0.929 bits per heavy atom. The fourth-order valence-electron chi connectivity index (χ4n) is 4.72. The second-order valence-corrected chi connectivity index (χ2v) is 9.83. The third-order valence-electron chi connectivity index (χ3n) is 6.88. The summed E-state index contributed by atoms with van der Waals surface area (Å²) in [5.41, 5.74) is 5.93. The molecule has 4 aromatic carbocycles. The molecule has 0 spiro atoms. The van der Waals surface area contributed by atoms with E-state index in [-0.39, 0.29) is 12.5 Å². The van der Waals surface area contributed by atoms with Crippen molar-refractivity contribution in [1.29, 1.82) is 0 Å². The van der Waals surface area contributed by atoms with Crippen LogP contribution in [-0.2, 0) is 19.6 Å². The molecule has 0 atom stereocenters. The number of aryl methyl sites for hydroxylation is 1. The lowest BCUT2D eigenvalue weighted by molar-refractivity contribution is 0.0954. The summed E-state index contributed by atoms with van der Waals surface area (Å²) >= 11 is 0. The minimum absolute atomic E-state index is 0.113. The van der Waals surface area contributed by atoms with E-state index in [1.165, 1.54) is 0 Å². The van der Waals surface area contributed by atoms with E-state index in [0.717, 1.165) is 43.9 Å². The number of carbonyl (C=O) groups is 1. The van der Waals surface area contributed by atoms with Gasteiger partial charge < -0.3 is 19.3 Å². The smallest absolute Gasteiger partial charge is 0.440 e. The topological polar surface area (TPSA) is 116 Å². The van der Waals surface area contributed by atoms with Crippen LogP contribution in [0.2, 0.25) is 0 Å². The highest BCUT2D eigenvalue weighted by atomic mass is 16.5. The molecule has 9 nitrogen and oxygen atoms in total. The molecule has 42 heavy (non-hydrogen) atoms. The summed E-state index contributed by atoms with van der Waals surface area (Å²) in [6, 6.07) is 28.8. The Morgan fingerprint density at radius 3 is 2.48 bits per heavy atom. The summed E-state index contributed by atoms with van der Waals surface area (Å²) in [6.07, 6.45) is 0.681. The highest BCUT2D eigenvalue weighted by Crippen LogP contribution is 2.26. The van der Waals surface area contributed by atoms with Crippen molar-refractivity contribution >= 4 is 5.91 Å². The molecule has 0 aliphatic rings. The second kappa shape index (κ2) is 12.9. The molecule has 0 saturated carbocycles. The molecule has 1 aromatic heterocycles. The molecule has 0 radical (unpaired) electrons. The number of H-pyrrole nitrogens is 1. The Bertz CT molecular complexity index is 1800. The molecule has 0 aliphatic carbocycles. The van der Waals surface area contributed by atoms with Gasteiger partial charge in [0.15, 0.2) is 0 Å². The molecule has 1 amide bonds. The molecule has 0 bridgehead atoms. The lowest BCUT2D eigenvalue weighted by Gasteiger charge is -2.12. The number of rotatable bonds is 11. The lowest BCUT2D eigenvalue weighted by Crippen LogP contribution is -2.25. The van der Waals surface area contributed by atoms with Gasteiger partial charge in [-0.25, -0.2) is 14.6 Å². The number of methoxy groups -OCH3 is 1. The van der Waals surface area contributed by atoms with Gasteiger partial charge in [-0.1, -0.05) is 54.6 Å². The van der Waals surface area contributed by atoms with Crippen molar-refractivity contribution in [2.24, 2.45) is 0 Å². The summed E-state index contributed by atoms with van der Waals surface area (Å²) < 4.78 is 17.1. The van der Waals surface area contributed by atoms with Gasteiger partial charge in [0.2, 0.25) is 0 Å². The number of nitrogens with one attached hydrogen (secondary N) is 2. The molecule has 0 saturated heterocycles. The molecular formula is C33H31N3O6. The summed E-state index contributed by atoms with van der Waals surface area (Å²) in [5, 5.41) is 3.00. The number of aromatic amines is 1. The van der Waals surface area contributed by atoms with Gasteiger partial charge in [0.25, 0.3) is 5.91 Å². The van der Waals surface area contributed by atoms with Crippen LogP contribution < -0.4 is 26.2 Å². The zero-order valence-electron chi connectivity index (χ0n) is 23.4. The van der Waals surface area contributed by atoms with Crippen LogP contribution in [0.15, 0.2) is 105 Å².